The first kappa shape index (κ1) is 22.1. The van der Waals surface area contributed by atoms with Crippen molar-refractivity contribution < 1.29 is 13.6 Å². The van der Waals surface area contributed by atoms with Crippen molar-refractivity contribution >= 4 is 24.4 Å². The first-order valence-corrected chi connectivity index (χ1v) is 14.8. The Labute approximate surface area is 157 Å². The highest BCUT2D eigenvalue weighted by atomic mass is 28.3. The molecule has 0 aromatic heterocycles. The zero-order valence-electron chi connectivity index (χ0n) is 17.7. The number of carbonyl (C=O) groups excluding carboxylic acids is 1. The molecule has 1 aromatic rings. The maximum atomic E-state index is 11.9. The Morgan fingerprint density at radius 2 is 1.44 bits per heavy atom. The Bertz CT molecular complexity index is 609. The third kappa shape index (κ3) is 5.79. The molecule has 0 saturated heterocycles. The van der Waals surface area contributed by atoms with Crippen LogP contribution in [0.2, 0.25) is 26.2 Å². The van der Waals surface area contributed by atoms with Crippen molar-refractivity contribution in [3.05, 3.63) is 28.3 Å². The number of hydrogen-bond donors (Lipinski definition) is 0. The minimum Gasteiger partial charge on any atom is -0.547 e. The molecule has 0 heterocycles. The summed E-state index contributed by atoms with van der Waals surface area (Å²) in [5, 5.41) is 0. The average molecular weight is 381 g/mol. The second kappa shape index (κ2) is 8.19. The summed E-state index contributed by atoms with van der Waals surface area (Å²) >= 11 is 0. The Morgan fingerprint density at radius 1 is 0.920 bits per heavy atom. The molecule has 0 N–H and O–H groups in total. The summed E-state index contributed by atoms with van der Waals surface area (Å²) in [6.07, 6.45) is 0.955. The van der Waals surface area contributed by atoms with E-state index in [9.17, 15) is 4.79 Å². The van der Waals surface area contributed by atoms with Crippen molar-refractivity contribution in [2.75, 3.05) is 0 Å². The molecule has 0 aliphatic rings. The summed E-state index contributed by atoms with van der Waals surface area (Å²) in [6, 6.07) is 1.94. The summed E-state index contributed by atoms with van der Waals surface area (Å²) in [5.41, 5.74) is 3.99. The molecule has 3 nitrogen and oxygen atoms in total. The number of carbonyl (C=O) groups is 1. The standard InChI is InChI=1S/C20H36O3Si2/c1-19(2,3)17-15(13-22-24(7)8)14(12-21)11-16(23-25(9)10)18(17)20(4,5)6/h11-12,24-25H,13H2,1-10H3. The maximum Gasteiger partial charge on any atom is 0.229 e. The van der Waals surface area contributed by atoms with Crippen molar-refractivity contribution in [2.45, 2.75) is 85.2 Å². The van der Waals surface area contributed by atoms with E-state index < -0.39 is 18.1 Å². The van der Waals surface area contributed by atoms with Gasteiger partial charge in [-0.05, 0) is 54.2 Å². The molecule has 0 unspecified atom stereocenters. The van der Waals surface area contributed by atoms with Crippen LogP contribution in [0.4, 0.5) is 0 Å². The molecular weight excluding hydrogens is 344 g/mol. The predicted octanol–water partition coefficient (Wildman–Crippen LogP) is 4.96. The van der Waals surface area contributed by atoms with Gasteiger partial charge in [-0.25, -0.2) is 0 Å². The molecule has 0 aliphatic carbocycles. The van der Waals surface area contributed by atoms with Gasteiger partial charge in [0.05, 0.1) is 6.61 Å². The highest BCUT2D eigenvalue weighted by molar-refractivity contribution is 6.49. The van der Waals surface area contributed by atoms with Gasteiger partial charge in [0.15, 0.2) is 15.3 Å². The summed E-state index contributed by atoms with van der Waals surface area (Å²) in [7, 11) is -2.47. The molecule has 0 fully saturated rings. The SMILES string of the molecule is C[SiH](C)OCc1c(C=O)cc(O[SiH](C)C)c(C(C)(C)C)c1C(C)(C)C. The van der Waals surface area contributed by atoms with Crippen LogP contribution in [0.25, 0.3) is 0 Å². The smallest absolute Gasteiger partial charge is 0.229 e. The molecule has 0 saturated carbocycles. The van der Waals surface area contributed by atoms with Gasteiger partial charge in [-0.2, -0.15) is 0 Å². The van der Waals surface area contributed by atoms with E-state index >= 15 is 0 Å². The van der Waals surface area contributed by atoms with Crippen molar-refractivity contribution in [1.29, 1.82) is 0 Å². The number of hydrogen-bond acceptors (Lipinski definition) is 3. The van der Waals surface area contributed by atoms with Gasteiger partial charge in [0.25, 0.3) is 0 Å². The normalized spacial score (nSPS) is 12.8. The van der Waals surface area contributed by atoms with Crippen molar-refractivity contribution in [2.24, 2.45) is 0 Å². The van der Waals surface area contributed by atoms with Gasteiger partial charge < -0.3 is 8.85 Å². The topological polar surface area (TPSA) is 35.5 Å². The van der Waals surface area contributed by atoms with Crippen LogP contribution in [0.1, 0.15) is 68.6 Å². The van der Waals surface area contributed by atoms with Gasteiger partial charge in [-0.15, -0.1) is 0 Å². The molecule has 0 spiro atoms. The Morgan fingerprint density at radius 3 is 1.80 bits per heavy atom. The summed E-state index contributed by atoms with van der Waals surface area (Å²) in [6.45, 7) is 22.4. The van der Waals surface area contributed by atoms with Crippen LogP contribution >= 0.6 is 0 Å². The van der Waals surface area contributed by atoms with E-state index in [0.29, 0.717) is 12.2 Å². The van der Waals surface area contributed by atoms with E-state index in [4.69, 9.17) is 8.85 Å². The predicted molar refractivity (Wildman–Crippen MR) is 112 cm³/mol. The van der Waals surface area contributed by atoms with Gasteiger partial charge in [0, 0.05) is 11.1 Å². The average Bonchev–Trinajstić information content (AvgIpc) is 2.41. The molecule has 5 heteroatoms. The van der Waals surface area contributed by atoms with E-state index in [0.717, 1.165) is 17.6 Å². The molecule has 142 valence electrons. The Hall–Kier alpha value is -0.916. The van der Waals surface area contributed by atoms with Crippen LogP contribution in [0, 0.1) is 0 Å². The number of rotatable bonds is 6. The second-order valence-electron chi connectivity index (χ2n) is 9.34. The van der Waals surface area contributed by atoms with E-state index in [1.54, 1.807) is 0 Å². The van der Waals surface area contributed by atoms with Crippen LogP contribution < -0.4 is 4.43 Å². The zero-order valence-corrected chi connectivity index (χ0v) is 20.1. The lowest BCUT2D eigenvalue weighted by Gasteiger charge is -2.35. The molecule has 0 radical (unpaired) electrons. The van der Waals surface area contributed by atoms with Gasteiger partial charge in [-0.1, -0.05) is 41.5 Å². The largest absolute Gasteiger partial charge is 0.547 e. The lowest BCUT2D eigenvalue weighted by Crippen LogP contribution is -2.28. The van der Waals surface area contributed by atoms with E-state index in [1.165, 1.54) is 11.1 Å². The second-order valence-corrected chi connectivity index (χ2v) is 14.1. The highest BCUT2D eigenvalue weighted by Gasteiger charge is 2.33. The van der Waals surface area contributed by atoms with Crippen molar-refractivity contribution in [3.8, 4) is 5.75 Å². The lowest BCUT2D eigenvalue weighted by molar-refractivity contribution is 0.112. The van der Waals surface area contributed by atoms with Crippen LogP contribution in [-0.4, -0.2) is 24.4 Å². The number of benzene rings is 1. The highest BCUT2D eigenvalue weighted by Crippen LogP contribution is 2.43. The molecule has 0 atom stereocenters. The van der Waals surface area contributed by atoms with E-state index in [2.05, 4.69) is 67.7 Å². The first-order valence-electron chi connectivity index (χ1n) is 9.23. The summed E-state index contributed by atoms with van der Waals surface area (Å²) in [4.78, 5) is 11.9. The number of aldehydes is 1. The molecule has 0 aliphatic heterocycles. The van der Waals surface area contributed by atoms with Crippen LogP contribution in [-0.2, 0) is 21.9 Å². The summed E-state index contributed by atoms with van der Waals surface area (Å²) < 4.78 is 12.3. The Balaban J connectivity index is 3.85. The quantitative estimate of drug-likeness (QED) is 0.517. The molecule has 25 heavy (non-hydrogen) atoms. The van der Waals surface area contributed by atoms with Crippen LogP contribution in [0.15, 0.2) is 6.07 Å². The maximum absolute atomic E-state index is 11.9. The van der Waals surface area contributed by atoms with Crippen LogP contribution in [0.5, 0.6) is 5.75 Å². The van der Waals surface area contributed by atoms with Gasteiger partial charge >= 0.3 is 0 Å². The Kier molecular flexibility index (Phi) is 7.24. The third-order valence-corrected chi connectivity index (χ3v) is 5.54. The van der Waals surface area contributed by atoms with Gasteiger partial charge in [-0.3, -0.25) is 4.79 Å². The monoisotopic (exact) mass is 380 g/mol. The molecule has 0 bridgehead atoms. The van der Waals surface area contributed by atoms with E-state index in [1.807, 2.05) is 6.07 Å². The van der Waals surface area contributed by atoms with Gasteiger partial charge in [0.2, 0.25) is 9.04 Å². The minimum absolute atomic E-state index is 0.0767. The van der Waals surface area contributed by atoms with Crippen LogP contribution in [0.3, 0.4) is 0 Å². The molecule has 1 rings (SSSR count). The van der Waals surface area contributed by atoms with Crippen molar-refractivity contribution in [3.63, 3.8) is 0 Å². The zero-order chi connectivity index (χ0) is 19.6. The lowest BCUT2D eigenvalue weighted by atomic mass is 9.72. The molecule has 0 amide bonds. The fourth-order valence-electron chi connectivity index (χ4n) is 3.15. The van der Waals surface area contributed by atoms with E-state index in [-0.39, 0.29) is 10.8 Å². The summed E-state index contributed by atoms with van der Waals surface area (Å²) in [5.74, 6) is 0.881. The third-order valence-electron chi connectivity index (χ3n) is 3.98. The van der Waals surface area contributed by atoms with Crippen molar-refractivity contribution in [1.82, 2.24) is 0 Å². The fourth-order valence-corrected chi connectivity index (χ4v) is 4.34. The molecular formula is C20H36O3Si2. The van der Waals surface area contributed by atoms with Gasteiger partial charge in [0.1, 0.15) is 5.75 Å². The first-order chi connectivity index (χ1) is 11.3. The molecule has 1 aromatic carbocycles. The fraction of sp³-hybridized carbons (Fsp3) is 0.650. The minimum atomic E-state index is -1.29.